The lowest BCUT2D eigenvalue weighted by Gasteiger charge is -1.99. The quantitative estimate of drug-likeness (QED) is 0.324. The molecular formula is C8H17N3O2. The number of rotatable bonds is 7. The van der Waals surface area contributed by atoms with Crippen LogP contribution in [0.4, 0.5) is 0 Å². The second kappa shape index (κ2) is 7.54. The normalized spacial score (nSPS) is 11.6. The summed E-state index contributed by atoms with van der Waals surface area (Å²) < 4.78 is 4.89. The zero-order valence-electron chi connectivity index (χ0n) is 7.95. The van der Waals surface area contributed by atoms with Crippen LogP contribution in [0.2, 0.25) is 0 Å². The van der Waals surface area contributed by atoms with E-state index in [2.05, 4.69) is 4.99 Å². The fourth-order valence-corrected chi connectivity index (χ4v) is 0.762. The molecule has 0 heterocycles. The minimum Gasteiger partial charge on any atom is -0.387 e. The first-order chi connectivity index (χ1) is 6.16. The second-order valence-corrected chi connectivity index (χ2v) is 2.64. The van der Waals surface area contributed by atoms with E-state index in [1.807, 2.05) is 6.92 Å². The highest BCUT2D eigenvalue weighted by molar-refractivity contribution is 5.80. The highest BCUT2D eigenvalue weighted by Gasteiger charge is 1.93. The Kier molecular flexibility index (Phi) is 6.91. The van der Waals surface area contributed by atoms with Crippen LogP contribution in [0.3, 0.4) is 0 Å². The maximum Gasteiger partial charge on any atom is 0.243 e. The van der Waals surface area contributed by atoms with Gasteiger partial charge >= 0.3 is 0 Å². The Morgan fingerprint density at radius 3 is 2.69 bits per heavy atom. The number of nitrogens with zero attached hydrogens (tertiary/aromatic N) is 1. The number of carbonyl (C=O) groups excluding carboxylic acids is 1. The average Bonchev–Trinajstić information content (AvgIpc) is 2.03. The summed E-state index contributed by atoms with van der Waals surface area (Å²) in [6.07, 6.45) is 1.79. The molecule has 13 heavy (non-hydrogen) atoms. The Morgan fingerprint density at radius 2 is 2.15 bits per heavy atom. The van der Waals surface area contributed by atoms with Crippen LogP contribution in [-0.4, -0.2) is 31.5 Å². The zero-order valence-corrected chi connectivity index (χ0v) is 7.95. The molecule has 0 aromatic carbocycles. The first-order valence-electron chi connectivity index (χ1n) is 4.31. The average molecular weight is 187 g/mol. The highest BCUT2D eigenvalue weighted by atomic mass is 16.5. The van der Waals surface area contributed by atoms with Crippen molar-refractivity contribution in [1.82, 2.24) is 0 Å². The van der Waals surface area contributed by atoms with E-state index in [0.29, 0.717) is 19.0 Å². The maximum absolute atomic E-state index is 10.2. The van der Waals surface area contributed by atoms with Crippen molar-refractivity contribution in [3.8, 4) is 0 Å². The number of carbonyl (C=O) groups is 1. The lowest BCUT2D eigenvalue weighted by atomic mass is 10.3. The van der Waals surface area contributed by atoms with Gasteiger partial charge in [0.15, 0.2) is 0 Å². The molecule has 0 radical (unpaired) electrons. The van der Waals surface area contributed by atoms with Crippen molar-refractivity contribution in [2.24, 2.45) is 16.5 Å². The summed E-state index contributed by atoms with van der Waals surface area (Å²) >= 11 is 0. The third kappa shape index (κ3) is 8.81. The minimum atomic E-state index is -0.467. The number of ether oxygens (including phenoxy) is 1. The van der Waals surface area contributed by atoms with Crippen LogP contribution in [0.15, 0.2) is 4.99 Å². The van der Waals surface area contributed by atoms with Crippen molar-refractivity contribution in [3.05, 3.63) is 0 Å². The fraction of sp³-hybridized carbons (Fsp3) is 0.750. The number of amides is 1. The number of hydrogen-bond donors (Lipinski definition) is 2. The third-order valence-electron chi connectivity index (χ3n) is 1.30. The summed E-state index contributed by atoms with van der Waals surface area (Å²) in [5.74, 6) is 0.163. The van der Waals surface area contributed by atoms with Gasteiger partial charge in [0.05, 0.1) is 19.0 Å². The summed E-state index contributed by atoms with van der Waals surface area (Å²) in [5.41, 5.74) is 10.4. The number of amidine groups is 1. The van der Waals surface area contributed by atoms with Crippen molar-refractivity contribution in [2.75, 3.05) is 19.8 Å². The molecule has 0 aromatic rings. The molecule has 5 nitrogen and oxygen atoms in total. The van der Waals surface area contributed by atoms with Crippen molar-refractivity contribution < 1.29 is 9.53 Å². The Morgan fingerprint density at radius 1 is 1.46 bits per heavy atom. The van der Waals surface area contributed by atoms with Crippen LogP contribution in [0.1, 0.15) is 19.8 Å². The van der Waals surface area contributed by atoms with Crippen LogP contribution in [0, 0.1) is 0 Å². The number of aliphatic imine (C=N–C) groups is 1. The van der Waals surface area contributed by atoms with Gasteiger partial charge in [0.1, 0.15) is 6.61 Å². The molecular weight excluding hydrogens is 170 g/mol. The van der Waals surface area contributed by atoms with E-state index >= 15 is 0 Å². The van der Waals surface area contributed by atoms with Gasteiger partial charge in [0.25, 0.3) is 0 Å². The fourth-order valence-electron chi connectivity index (χ4n) is 0.762. The molecule has 0 bridgehead atoms. The van der Waals surface area contributed by atoms with Gasteiger partial charge in [-0.15, -0.1) is 0 Å². The zero-order chi connectivity index (χ0) is 10.1. The van der Waals surface area contributed by atoms with E-state index in [0.717, 1.165) is 12.8 Å². The van der Waals surface area contributed by atoms with Crippen LogP contribution < -0.4 is 11.5 Å². The molecule has 0 spiro atoms. The van der Waals surface area contributed by atoms with Crippen LogP contribution in [-0.2, 0) is 9.53 Å². The molecule has 0 saturated heterocycles. The van der Waals surface area contributed by atoms with Crippen molar-refractivity contribution >= 4 is 11.7 Å². The Labute approximate surface area is 78.1 Å². The molecule has 1 amide bonds. The van der Waals surface area contributed by atoms with Gasteiger partial charge in [-0.25, -0.2) is 0 Å². The Balaban J connectivity index is 3.33. The van der Waals surface area contributed by atoms with Gasteiger partial charge in [-0.1, -0.05) is 6.92 Å². The SMILES string of the molecule is CCCC(N)=NCCOCC(N)=O. The topological polar surface area (TPSA) is 90.7 Å². The van der Waals surface area contributed by atoms with E-state index in [9.17, 15) is 4.79 Å². The smallest absolute Gasteiger partial charge is 0.243 e. The number of primary amides is 1. The molecule has 76 valence electrons. The van der Waals surface area contributed by atoms with E-state index in [-0.39, 0.29) is 6.61 Å². The summed E-state index contributed by atoms with van der Waals surface area (Å²) in [6.45, 7) is 2.85. The van der Waals surface area contributed by atoms with E-state index in [4.69, 9.17) is 16.2 Å². The Bertz CT molecular complexity index is 180. The monoisotopic (exact) mass is 187 g/mol. The van der Waals surface area contributed by atoms with Crippen LogP contribution in [0.5, 0.6) is 0 Å². The maximum atomic E-state index is 10.2. The molecule has 0 aliphatic carbocycles. The highest BCUT2D eigenvalue weighted by Crippen LogP contribution is 1.86. The molecule has 0 rings (SSSR count). The third-order valence-corrected chi connectivity index (χ3v) is 1.30. The summed E-state index contributed by atoms with van der Waals surface area (Å²) in [4.78, 5) is 14.3. The predicted octanol–water partition coefficient (Wildman–Crippen LogP) is -0.354. The van der Waals surface area contributed by atoms with Gasteiger partial charge in [-0.3, -0.25) is 9.79 Å². The molecule has 0 aromatic heterocycles. The van der Waals surface area contributed by atoms with Gasteiger partial charge in [0, 0.05) is 6.42 Å². The number of nitrogens with two attached hydrogens (primary N) is 2. The molecule has 0 atom stereocenters. The summed E-state index contributed by atoms with van der Waals surface area (Å²) in [5, 5.41) is 0. The van der Waals surface area contributed by atoms with Gasteiger partial charge in [-0.05, 0) is 6.42 Å². The molecule has 0 aliphatic heterocycles. The predicted molar refractivity (Wildman–Crippen MR) is 51.4 cm³/mol. The molecule has 0 unspecified atom stereocenters. The van der Waals surface area contributed by atoms with Crippen LogP contribution >= 0.6 is 0 Å². The minimum absolute atomic E-state index is 0.0524. The molecule has 5 heteroatoms. The standard InChI is InChI=1S/C8H17N3O2/c1-2-3-7(9)11-4-5-13-6-8(10)12/h2-6H2,1H3,(H2,9,11)(H2,10,12). The molecule has 0 fully saturated rings. The van der Waals surface area contributed by atoms with Gasteiger partial charge in [0.2, 0.25) is 5.91 Å². The second-order valence-electron chi connectivity index (χ2n) is 2.64. The van der Waals surface area contributed by atoms with Gasteiger partial charge in [-0.2, -0.15) is 0 Å². The van der Waals surface area contributed by atoms with Gasteiger partial charge < -0.3 is 16.2 Å². The van der Waals surface area contributed by atoms with Crippen LogP contribution in [0.25, 0.3) is 0 Å². The lowest BCUT2D eigenvalue weighted by Crippen LogP contribution is -2.19. The van der Waals surface area contributed by atoms with Crippen molar-refractivity contribution in [3.63, 3.8) is 0 Å². The largest absolute Gasteiger partial charge is 0.387 e. The summed E-state index contributed by atoms with van der Waals surface area (Å²) in [7, 11) is 0. The first kappa shape index (κ1) is 11.9. The Hall–Kier alpha value is -1.10. The van der Waals surface area contributed by atoms with Crippen molar-refractivity contribution in [2.45, 2.75) is 19.8 Å². The van der Waals surface area contributed by atoms with Crippen molar-refractivity contribution in [1.29, 1.82) is 0 Å². The van der Waals surface area contributed by atoms with E-state index < -0.39 is 5.91 Å². The number of hydrogen-bond acceptors (Lipinski definition) is 3. The lowest BCUT2D eigenvalue weighted by molar-refractivity contribution is -0.122. The summed E-state index contributed by atoms with van der Waals surface area (Å²) in [6, 6.07) is 0. The first-order valence-corrected chi connectivity index (χ1v) is 4.31. The van der Waals surface area contributed by atoms with E-state index in [1.165, 1.54) is 0 Å². The molecule has 4 N–H and O–H groups in total. The van der Waals surface area contributed by atoms with E-state index in [1.54, 1.807) is 0 Å². The molecule has 0 saturated carbocycles. The molecule has 0 aliphatic rings.